The molecule has 1 saturated carbocycles. The number of nitrogens with two attached hydrogens (primary N) is 1. The third kappa shape index (κ3) is 3.95. The van der Waals surface area contributed by atoms with Crippen LogP contribution in [0.2, 0.25) is 0 Å². The van der Waals surface area contributed by atoms with Crippen LogP contribution >= 0.6 is 0 Å². The molecule has 0 radical (unpaired) electrons. The van der Waals surface area contributed by atoms with E-state index in [1.807, 2.05) is 0 Å². The summed E-state index contributed by atoms with van der Waals surface area (Å²) in [6.45, 7) is 0.182. The number of amides is 1. The Labute approximate surface area is 136 Å². The Morgan fingerprint density at radius 3 is 2.78 bits per heavy atom. The van der Waals surface area contributed by atoms with Gasteiger partial charge in [0.15, 0.2) is 11.5 Å². The molecule has 1 amide bonds. The lowest BCUT2D eigenvalue weighted by Gasteiger charge is -2.26. The monoisotopic (exact) mass is 320 g/mol. The Balaban J connectivity index is 1.54. The van der Waals surface area contributed by atoms with E-state index in [4.69, 9.17) is 15.2 Å². The molecule has 0 spiro atoms. The summed E-state index contributed by atoms with van der Waals surface area (Å²) in [7, 11) is 0. The highest BCUT2D eigenvalue weighted by atomic mass is 16.7. The van der Waals surface area contributed by atoms with Crippen LogP contribution in [0.4, 0.5) is 5.69 Å². The maximum Gasteiger partial charge on any atom is 0.254 e. The summed E-state index contributed by atoms with van der Waals surface area (Å²) in [4.78, 5) is 12.2. The smallest absolute Gasteiger partial charge is 0.254 e. The molecule has 6 nitrogen and oxygen atoms in total. The topological polar surface area (TPSA) is 93.8 Å². The van der Waals surface area contributed by atoms with Gasteiger partial charge >= 0.3 is 0 Å². The number of rotatable bonds is 5. The van der Waals surface area contributed by atoms with E-state index in [-0.39, 0.29) is 6.79 Å². The number of benzene rings is 1. The molecule has 1 heterocycles. The van der Waals surface area contributed by atoms with Crippen molar-refractivity contribution in [3.05, 3.63) is 18.2 Å². The van der Waals surface area contributed by atoms with Crippen LogP contribution in [0.15, 0.2) is 18.2 Å². The van der Waals surface area contributed by atoms with Crippen molar-refractivity contribution in [2.24, 2.45) is 11.7 Å². The number of hydrogen-bond acceptors (Lipinski definition) is 5. The summed E-state index contributed by atoms with van der Waals surface area (Å²) in [5.74, 6) is 1.28. The first-order valence-corrected chi connectivity index (χ1v) is 8.27. The minimum absolute atomic E-state index is 0.182. The average molecular weight is 320 g/mol. The number of anilines is 1. The number of aliphatic hydroxyl groups excluding tert-OH is 1. The predicted molar refractivity (Wildman–Crippen MR) is 86.4 cm³/mol. The molecule has 2 aliphatic rings. The lowest BCUT2D eigenvalue weighted by atomic mass is 9.84. The van der Waals surface area contributed by atoms with Gasteiger partial charge in [-0.2, -0.15) is 0 Å². The largest absolute Gasteiger partial charge is 0.454 e. The van der Waals surface area contributed by atoms with Gasteiger partial charge < -0.3 is 25.6 Å². The molecule has 1 aromatic carbocycles. The molecule has 0 bridgehead atoms. The molecular weight excluding hydrogens is 296 g/mol. The van der Waals surface area contributed by atoms with E-state index in [0.717, 1.165) is 12.8 Å². The lowest BCUT2D eigenvalue weighted by Crippen LogP contribution is -2.44. The van der Waals surface area contributed by atoms with E-state index >= 15 is 0 Å². The summed E-state index contributed by atoms with van der Waals surface area (Å²) in [5.41, 5.74) is 6.60. The number of carbonyl (C=O) groups is 1. The summed E-state index contributed by atoms with van der Waals surface area (Å²) in [6, 6.07) is 4.59. The van der Waals surface area contributed by atoms with Gasteiger partial charge in [0, 0.05) is 17.8 Å². The summed E-state index contributed by atoms with van der Waals surface area (Å²) in [6.07, 6.45) is 5.49. The van der Waals surface area contributed by atoms with Gasteiger partial charge in [-0.05, 0) is 24.5 Å². The van der Waals surface area contributed by atoms with Crippen molar-refractivity contribution in [1.82, 2.24) is 0 Å². The minimum Gasteiger partial charge on any atom is -0.454 e. The number of aliphatic hydroxyl groups is 1. The van der Waals surface area contributed by atoms with E-state index in [9.17, 15) is 9.90 Å². The Kier molecular flexibility index (Phi) is 5.03. The predicted octanol–water partition coefficient (Wildman–Crippen LogP) is 2.01. The molecule has 2 atom stereocenters. The van der Waals surface area contributed by atoms with Crippen LogP contribution in [0.1, 0.15) is 38.5 Å². The second-order valence-corrected chi connectivity index (χ2v) is 6.41. The highest BCUT2D eigenvalue weighted by molar-refractivity contribution is 5.94. The maximum atomic E-state index is 12.2. The maximum absolute atomic E-state index is 12.2. The highest BCUT2D eigenvalue weighted by Crippen LogP contribution is 2.34. The number of fused-ring (bicyclic) bond motifs is 1. The molecule has 1 aliphatic carbocycles. The number of nitrogens with one attached hydrogen (secondary N) is 1. The van der Waals surface area contributed by atoms with Gasteiger partial charge in [0.2, 0.25) is 6.79 Å². The van der Waals surface area contributed by atoms with E-state index in [0.29, 0.717) is 29.5 Å². The summed E-state index contributed by atoms with van der Waals surface area (Å²) < 4.78 is 10.5. The second kappa shape index (κ2) is 7.19. The second-order valence-electron chi connectivity index (χ2n) is 6.41. The molecule has 1 fully saturated rings. The van der Waals surface area contributed by atoms with Crippen LogP contribution in [-0.2, 0) is 4.79 Å². The van der Waals surface area contributed by atoms with E-state index < -0.39 is 18.1 Å². The molecule has 126 valence electrons. The SMILES string of the molecule is N[C@H](CC1CCCCC1)C(O)C(=O)Nc1ccc2c(c1)OCO2. The van der Waals surface area contributed by atoms with Gasteiger partial charge in [0.25, 0.3) is 5.91 Å². The third-order valence-corrected chi connectivity index (χ3v) is 4.64. The first kappa shape index (κ1) is 16.1. The molecule has 4 N–H and O–H groups in total. The zero-order valence-corrected chi connectivity index (χ0v) is 13.2. The molecule has 1 aliphatic heterocycles. The van der Waals surface area contributed by atoms with Crippen LogP contribution in [-0.4, -0.2) is 30.0 Å². The van der Waals surface area contributed by atoms with Crippen molar-refractivity contribution in [1.29, 1.82) is 0 Å². The van der Waals surface area contributed by atoms with E-state index in [1.165, 1.54) is 19.3 Å². The van der Waals surface area contributed by atoms with Gasteiger partial charge in [0.05, 0.1) is 0 Å². The van der Waals surface area contributed by atoms with Crippen LogP contribution in [0.3, 0.4) is 0 Å². The van der Waals surface area contributed by atoms with Crippen LogP contribution < -0.4 is 20.5 Å². The zero-order chi connectivity index (χ0) is 16.2. The summed E-state index contributed by atoms with van der Waals surface area (Å²) in [5, 5.41) is 12.9. The Morgan fingerprint density at radius 1 is 1.26 bits per heavy atom. The van der Waals surface area contributed by atoms with Crippen molar-refractivity contribution in [2.45, 2.75) is 50.7 Å². The molecular formula is C17H24N2O4. The average Bonchev–Trinajstić information content (AvgIpc) is 3.02. The van der Waals surface area contributed by atoms with Gasteiger partial charge in [0.1, 0.15) is 6.10 Å². The molecule has 1 unspecified atom stereocenters. The van der Waals surface area contributed by atoms with Crippen molar-refractivity contribution >= 4 is 11.6 Å². The molecule has 6 heteroatoms. The first-order valence-electron chi connectivity index (χ1n) is 8.27. The van der Waals surface area contributed by atoms with Crippen molar-refractivity contribution in [3.63, 3.8) is 0 Å². The zero-order valence-electron chi connectivity index (χ0n) is 13.2. The molecule has 3 rings (SSSR count). The van der Waals surface area contributed by atoms with Crippen molar-refractivity contribution < 1.29 is 19.4 Å². The minimum atomic E-state index is -1.21. The Morgan fingerprint density at radius 2 is 2.00 bits per heavy atom. The van der Waals surface area contributed by atoms with Gasteiger partial charge in [-0.15, -0.1) is 0 Å². The fraction of sp³-hybridized carbons (Fsp3) is 0.588. The van der Waals surface area contributed by atoms with Crippen LogP contribution in [0.25, 0.3) is 0 Å². The highest BCUT2D eigenvalue weighted by Gasteiger charge is 2.27. The number of carbonyl (C=O) groups excluding carboxylic acids is 1. The van der Waals surface area contributed by atoms with Crippen molar-refractivity contribution in [2.75, 3.05) is 12.1 Å². The summed E-state index contributed by atoms with van der Waals surface area (Å²) >= 11 is 0. The Hall–Kier alpha value is -1.79. The number of hydrogen-bond donors (Lipinski definition) is 3. The number of ether oxygens (including phenoxy) is 2. The standard InChI is InChI=1S/C17H24N2O4/c18-13(8-11-4-2-1-3-5-11)16(20)17(21)19-12-6-7-14-15(9-12)23-10-22-14/h6-7,9,11,13,16,20H,1-5,8,10,18H2,(H,19,21)/t13-,16?/m1/s1. The van der Waals surface area contributed by atoms with Gasteiger partial charge in [-0.3, -0.25) is 4.79 Å². The third-order valence-electron chi connectivity index (χ3n) is 4.64. The molecule has 0 aromatic heterocycles. The fourth-order valence-corrected chi connectivity index (χ4v) is 3.32. The quantitative estimate of drug-likeness (QED) is 0.771. The van der Waals surface area contributed by atoms with Crippen molar-refractivity contribution in [3.8, 4) is 11.5 Å². The van der Waals surface area contributed by atoms with Gasteiger partial charge in [-0.25, -0.2) is 0 Å². The van der Waals surface area contributed by atoms with E-state index in [1.54, 1.807) is 18.2 Å². The lowest BCUT2D eigenvalue weighted by molar-refractivity contribution is -0.125. The Bertz CT molecular complexity index is 558. The van der Waals surface area contributed by atoms with Crippen LogP contribution in [0.5, 0.6) is 11.5 Å². The van der Waals surface area contributed by atoms with Gasteiger partial charge in [-0.1, -0.05) is 32.1 Å². The molecule has 0 saturated heterocycles. The molecule has 23 heavy (non-hydrogen) atoms. The first-order chi connectivity index (χ1) is 11.1. The molecule has 1 aromatic rings. The normalized spacial score (nSPS) is 20.1. The van der Waals surface area contributed by atoms with Crippen LogP contribution in [0, 0.1) is 5.92 Å². The van der Waals surface area contributed by atoms with E-state index in [2.05, 4.69) is 5.32 Å². The fourth-order valence-electron chi connectivity index (χ4n) is 3.32.